The van der Waals surface area contributed by atoms with E-state index in [0.29, 0.717) is 12.1 Å². The number of aryl methyl sites for hydroxylation is 1. The number of carbonyl (C=O) groups excluding carboxylic acids is 1. The summed E-state index contributed by atoms with van der Waals surface area (Å²) in [6.07, 6.45) is 1.77. The molecule has 1 amide bonds. The number of nitro groups is 1. The summed E-state index contributed by atoms with van der Waals surface area (Å²) in [6.45, 7) is 4.22. The van der Waals surface area contributed by atoms with Crippen molar-refractivity contribution in [2.24, 2.45) is 0 Å². The number of rotatable bonds is 6. The maximum Gasteiger partial charge on any atom is 0.285 e. The number of benzene rings is 2. The quantitative estimate of drug-likeness (QED) is 0.588. The number of hydrogen-bond acceptors (Lipinski definition) is 3. The highest BCUT2D eigenvalue weighted by Crippen LogP contribution is 2.26. The Balaban J connectivity index is 2.46. The highest BCUT2D eigenvalue weighted by molar-refractivity contribution is 6.09. The minimum atomic E-state index is -0.481. The lowest BCUT2D eigenvalue weighted by Gasteiger charge is -2.23. The second-order valence-electron chi connectivity index (χ2n) is 5.37. The summed E-state index contributed by atoms with van der Waals surface area (Å²) in [5, 5.41) is 11.4. The zero-order chi connectivity index (χ0) is 16.8. The molecule has 0 aliphatic carbocycles. The summed E-state index contributed by atoms with van der Waals surface area (Å²) in [7, 11) is 0. The van der Waals surface area contributed by atoms with E-state index in [0.717, 1.165) is 18.5 Å². The van der Waals surface area contributed by atoms with Gasteiger partial charge in [-0.15, -0.1) is 0 Å². The van der Waals surface area contributed by atoms with Crippen LogP contribution in [-0.2, 0) is 0 Å². The Labute approximate surface area is 135 Å². The van der Waals surface area contributed by atoms with E-state index >= 15 is 0 Å². The van der Waals surface area contributed by atoms with E-state index in [2.05, 4.69) is 0 Å². The molecular formula is C18H20N2O3. The highest BCUT2D eigenvalue weighted by Gasteiger charge is 2.26. The molecule has 5 heteroatoms. The average molecular weight is 312 g/mol. The predicted octanol–water partition coefficient (Wildman–Crippen LogP) is 4.35. The van der Waals surface area contributed by atoms with Gasteiger partial charge in [0.2, 0.25) is 0 Å². The van der Waals surface area contributed by atoms with Gasteiger partial charge in [0.25, 0.3) is 11.6 Å². The monoisotopic (exact) mass is 312 g/mol. The van der Waals surface area contributed by atoms with Gasteiger partial charge in [0, 0.05) is 17.8 Å². The lowest BCUT2D eigenvalue weighted by atomic mass is 10.1. The molecule has 0 bridgehead atoms. The summed E-state index contributed by atoms with van der Waals surface area (Å²) < 4.78 is 0. The van der Waals surface area contributed by atoms with Gasteiger partial charge in [-0.25, -0.2) is 0 Å². The second kappa shape index (κ2) is 7.54. The first-order valence-corrected chi connectivity index (χ1v) is 7.67. The van der Waals surface area contributed by atoms with E-state index in [-0.39, 0.29) is 17.2 Å². The van der Waals surface area contributed by atoms with Gasteiger partial charge < -0.3 is 4.90 Å². The molecule has 5 nitrogen and oxygen atoms in total. The van der Waals surface area contributed by atoms with Gasteiger partial charge >= 0.3 is 0 Å². The van der Waals surface area contributed by atoms with Crippen LogP contribution in [-0.4, -0.2) is 17.4 Å². The van der Waals surface area contributed by atoms with Gasteiger partial charge in [-0.05, 0) is 31.5 Å². The van der Waals surface area contributed by atoms with Crippen molar-refractivity contribution in [3.63, 3.8) is 0 Å². The molecule has 0 fully saturated rings. The first-order valence-electron chi connectivity index (χ1n) is 7.67. The molecule has 0 saturated heterocycles. The lowest BCUT2D eigenvalue weighted by molar-refractivity contribution is -0.385. The van der Waals surface area contributed by atoms with Crippen LogP contribution in [0.15, 0.2) is 48.5 Å². The number of unbranched alkanes of at least 4 members (excludes halogenated alkanes) is 1. The van der Waals surface area contributed by atoms with Crippen LogP contribution in [0.25, 0.3) is 0 Å². The first-order chi connectivity index (χ1) is 11.1. The van der Waals surface area contributed by atoms with E-state index in [9.17, 15) is 14.9 Å². The molecule has 0 spiro atoms. The third-order valence-electron chi connectivity index (χ3n) is 3.70. The molecule has 0 unspecified atom stereocenters. The Morgan fingerprint density at radius 3 is 2.43 bits per heavy atom. The van der Waals surface area contributed by atoms with Crippen molar-refractivity contribution >= 4 is 17.3 Å². The van der Waals surface area contributed by atoms with E-state index in [1.807, 2.05) is 37.3 Å². The fourth-order valence-electron chi connectivity index (χ4n) is 2.49. The zero-order valence-corrected chi connectivity index (χ0v) is 13.4. The summed E-state index contributed by atoms with van der Waals surface area (Å²) in [6, 6.07) is 14.1. The number of para-hydroxylation sites is 2. The van der Waals surface area contributed by atoms with E-state index in [1.54, 1.807) is 24.0 Å². The van der Waals surface area contributed by atoms with Crippen molar-refractivity contribution in [1.29, 1.82) is 0 Å². The van der Waals surface area contributed by atoms with E-state index < -0.39 is 4.92 Å². The van der Waals surface area contributed by atoms with Gasteiger partial charge in [0.15, 0.2) is 0 Å². The Morgan fingerprint density at radius 2 is 1.83 bits per heavy atom. The Morgan fingerprint density at radius 1 is 1.13 bits per heavy atom. The van der Waals surface area contributed by atoms with Crippen molar-refractivity contribution in [3.8, 4) is 0 Å². The molecule has 2 aromatic carbocycles. The van der Waals surface area contributed by atoms with Crippen LogP contribution < -0.4 is 4.90 Å². The predicted molar refractivity (Wildman–Crippen MR) is 90.9 cm³/mol. The number of hydrogen-bond donors (Lipinski definition) is 0. The molecule has 0 heterocycles. The molecule has 0 radical (unpaired) electrons. The molecule has 0 saturated carbocycles. The van der Waals surface area contributed by atoms with Gasteiger partial charge in [0.1, 0.15) is 5.56 Å². The van der Waals surface area contributed by atoms with Crippen LogP contribution in [0.5, 0.6) is 0 Å². The summed E-state index contributed by atoms with van der Waals surface area (Å²) in [4.78, 5) is 25.4. The van der Waals surface area contributed by atoms with Gasteiger partial charge in [0.05, 0.1) is 4.92 Å². The second-order valence-corrected chi connectivity index (χ2v) is 5.37. The highest BCUT2D eigenvalue weighted by atomic mass is 16.6. The third-order valence-corrected chi connectivity index (χ3v) is 3.70. The Bertz CT molecular complexity index is 699. The molecule has 0 aliphatic heterocycles. The Kier molecular flexibility index (Phi) is 5.46. The zero-order valence-electron chi connectivity index (χ0n) is 13.4. The summed E-state index contributed by atoms with van der Waals surface area (Å²) >= 11 is 0. The molecule has 2 rings (SSSR count). The molecule has 2 aromatic rings. The number of nitrogens with zero attached hydrogens (tertiary/aromatic N) is 2. The SMILES string of the molecule is CCCCN(C(=O)c1cccc(C)c1[N+](=O)[O-])c1ccccc1. The molecule has 0 aliphatic rings. The van der Waals surface area contributed by atoms with E-state index in [4.69, 9.17) is 0 Å². The van der Waals surface area contributed by atoms with Crippen LogP contribution in [0.1, 0.15) is 35.7 Å². The third kappa shape index (κ3) is 3.74. The smallest absolute Gasteiger partial charge is 0.285 e. The average Bonchev–Trinajstić information content (AvgIpc) is 2.55. The van der Waals surface area contributed by atoms with Gasteiger partial charge in [-0.2, -0.15) is 0 Å². The number of anilines is 1. The molecule has 0 N–H and O–H groups in total. The van der Waals surface area contributed by atoms with Crippen LogP contribution in [0.3, 0.4) is 0 Å². The Hall–Kier alpha value is -2.69. The van der Waals surface area contributed by atoms with Crippen LogP contribution >= 0.6 is 0 Å². The van der Waals surface area contributed by atoms with Gasteiger partial charge in [-0.1, -0.05) is 43.7 Å². The van der Waals surface area contributed by atoms with Gasteiger partial charge in [-0.3, -0.25) is 14.9 Å². The molecular weight excluding hydrogens is 292 g/mol. The maximum absolute atomic E-state index is 13.0. The molecule has 23 heavy (non-hydrogen) atoms. The lowest BCUT2D eigenvalue weighted by Crippen LogP contribution is -2.32. The van der Waals surface area contributed by atoms with Crippen LogP contribution in [0.2, 0.25) is 0 Å². The molecule has 0 aromatic heterocycles. The largest absolute Gasteiger partial charge is 0.308 e. The summed E-state index contributed by atoms with van der Waals surface area (Å²) in [5.41, 5.74) is 1.26. The normalized spacial score (nSPS) is 10.3. The molecule has 0 atom stereocenters. The van der Waals surface area contributed by atoms with Crippen molar-refractivity contribution in [1.82, 2.24) is 0 Å². The standard InChI is InChI=1S/C18H20N2O3/c1-3-4-13-19(15-10-6-5-7-11-15)18(21)16-12-8-9-14(2)17(16)20(22)23/h5-12H,3-4,13H2,1-2H3. The summed E-state index contributed by atoms with van der Waals surface area (Å²) in [5.74, 6) is -0.333. The fourth-order valence-corrected chi connectivity index (χ4v) is 2.49. The molecule has 120 valence electrons. The van der Waals surface area contributed by atoms with Crippen LogP contribution in [0, 0.1) is 17.0 Å². The minimum Gasteiger partial charge on any atom is -0.308 e. The topological polar surface area (TPSA) is 63.5 Å². The van der Waals surface area contributed by atoms with E-state index in [1.165, 1.54) is 6.07 Å². The van der Waals surface area contributed by atoms with Crippen molar-refractivity contribution in [2.75, 3.05) is 11.4 Å². The first kappa shape index (κ1) is 16.7. The van der Waals surface area contributed by atoms with Crippen molar-refractivity contribution in [3.05, 3.63) is 69.8 Å². The maximum atomic E-state index is 13.0. The van der Waals surface area contributed by atoms with Crippen molar-refractivity contribution in [2.45, 2.75) is 26.7 Å². The van der Waals surface area contributed by atoms with Crippen molar-refractivity contribution < 1.29 is 9.72 Å². The van der Waals surface area contributed by atoms with Crippen LogP contribution in [0.4, 0.5) is 11.4 Å². The number of nitro benzene ring substituents is 1. The number of amides is 1. The number of carbonyl (C=O) groups is 1. The minimum absolute atomic E-state index is 0.116. The fraction of sp³-hybridized carbons (Fsp3) is 0.278.